The van der Waals surface area contributed by atoms with Crippen LogP contribution in [0.4, 0.5) is 0 Å². The number of hydrogen-bond donors (Lipinski definition) is 1. The van der Waals surface area contributed by atoms with E-state index in [9.17, 15) is 0 Å². The van der Waals surface area contributed by atoms with Crippen LogP contribution in [0.2, 0.25) is 0 Å². The maximum Gasteiger partial charge on any atom is 0.160 e. The fourth-order valence-corrected chi connectivity index (χ4v) is 2.61. The first-order valence-corrected chi connectivity index (χ1v) is 7.72. The molecule has 3 nitrogen and oxygen atoms in total. The molecule has 1 aromatic heterocycles. The summed E-state index contributed by atoms with van der Waals surface area (Å²) in [5.41, 5.74) is 4.33. The molecule has 0 amide bonds. The first-order chi connectivity index (χ1) is 9.63. The van der Waals surface area contributed by atoms with Gasteiger partial charge in [-0.05, 0) is 32.9 Å². The van der Waals surface area contributed by atoms with Crippen LogP contribution in [0.1, 0.15) is 30.3 Å². The lowest BCUT2D eigenvalue weighted by atomic mass is 10.1. The van der Waals surface area contributed by atoms with E-state index < -0.39 is 0 Å². The zero-order valence-electron chi connectivity index (χ0n) is 12.2. The van der Waals surface area contributed by atoms with E-state index in [1.807, 2.05) is 24.3 Å². The highest BCUT2D eigenvalue weighted by molar-refractivity contribution is 9.10. The molecule has 20 heavy (non-hydrogen) atoms. The number of aryl methyl sites for hydroxylation is 2. The largest absolute Gasteiger partial charge is 0.313 e. The smallest absolute Gasteiger partial charge is 0.160 e. The molecule has 2 rings (SSSR count). The summed E-state index contributed by atoms with van der Waals surface area (Å²) in [7, 11) is 0. The van der Waals surface area contributed by atoms with Gasteiger partial charge >= 0.3 is 0 Å². The Bertz CT molecular complexity index is 573. The second kappa shape index (κ2) is 6.95. The SMILES string of the molecule is CCCNCc1c(C)nc(-c2ccccc2Br)nc1C. The van der Waals surface area contributed by atoms with E-state index in [0.29, 0.717) is 0 Å². The normalized spacial score (nSPS) is 10.8. The maximum absolute atomic E-state index is 4.66. The average molecular weight is 334 g/mol. The van der Waals surface area contributed by atoms with Crippen molar-refractivity contribution in [2.45, 2.75) is 33.7 Å². The molecule has 4 heteroatoms. The number of benzene rings is 1. The van der Waals surface area contributed by atoms with Crippen LogP contribution in [0.5, 0.6) is 0 Å². The topological polar surface area (TPSA) is 37.8 Å². The van der Waals surface area contributed by atoms with Crippen LogP contribution < -0.4 is 5.32 Å². The number of nitrogens with one attached hydrogen (secondary N) is 1. The van der Waals surface area contributed by atoms with Gasteiger partial charge in [-0.3, -0.25) is 0 Å². The van der Waals surface area contributed by atoms with Crippen LogP contribution in [0, 0.1) is 13.8 Å². The zero-order valence-corrected chi connectivity index (χ0v) is 13.8. The van der Waals surface area contributed by atoms with Gasteiger partial charge in [0.05, 0.1) is 0 Å². The summed E-state index contributed by atoms with van der Waals surface area (Å²) in [6.45, 7) is 8.13. The Labute approximate surface area is 129 Å². The Hall–Kier alpha value is -1.26. The van der Waals surface area contributed by atoms with Crippen LogP contribution in [-0.4, -0.2) is 16.5 Å². The third-order valence-electron chi connectivity index (χ3n) is 3.26. The molecule has 0 unspecified atom stereocenters. The number of nitrogens with zero attached hydrogens (tertiary/aromatic N) is 2. The van der Waals surface area contributed by atoms with Crippen molar-refractivity contribution in [3.8, 4) is 11.4 Å². The Morgan fingerprint density at radius 1 is 1.10 bits per heavy atom. The number of aromatic nitrogens is 2. The zero-order chi connectivity index (χ0) is 14.5. The van der Waals surface area contributed by atoms with Gasteiger partial charge in [0.2, 0.25) is 0 Å². The van der Waals surface area contributed by atoms with Gasteiger partial charge in [-0.1, -0.05) is 41.1 Å². The van der Waals surface area contributed by atoms with Gasteiger partial charge in [-0.25, -0.2) is 9.97 Å². The number of halogens is 1. The van der Waals surface area contributed by atoms with Crippen LogP contribution in [0.15, 0.2) is 28.7 Å². The van der Waals surface area contributed by atoms with Gasteiger partial charge in [0.1, 0.15) is 0 Å². The van der Waals surface area contributed by atoms with Gasteiger partial charge in [-0.2, -0.15) is 0 Å². The highest BCUT2D eigenvalue weighted by Crippen LogP contribution is 2.26. The summed E-state index contributed by atoms with van der Waals surface area (Å²) in [5.74, 6) is 0.784. The first kappa shape index (κ1) is 15.1. The van der Waals surface area contributed by atoms with Crippen molar-refractivity contribution in [2.75, 3.05) is 6.54 Å². The molecule has 0 saturated heterocycles. The van der Waals surface area contributed by atoms with E-state index in [1.165, 1.54) is 5.56 Å². The van der Waals surface area contributed by atoms with E-state index in [1.54, 1.807) is 0 Å². The van der Waals surface area contributed by atoms with Gasteiger partial charge in [0.15, 0.2) is 5.82 Å². The minimum atomic E-state index is 0.784. The predicted octanol–water partition coefficient (Wildman–Crippen LogP) is 4.02. The van der Waals surface area contributed by atoms with Crippen LogP contribution in [-0.2, 0) is 6.54 Å². The molecule has 0 radical (unpaired) electrons. The summed E-state index contributed by atoms with van der Waals surface area (Å²) < 4.78 is 1.02. The predicted molar refractivity (Wildman–Crippen MR) is 86.6 cm³/mol. The Morgan fingerprint density at radius 2 is 1.75 bits per heavy atom. The number of hydrogen-bond acceptors (Lipinski definition) is 3. The van der Waals surface area contributed by atoms with Crippen molar-refractivity contribution in [3.63, 3.8) is 0 Å². The molecular formula is C16H20BrN3. The summed E-state index contributed by atoms with van der Waals surface area (Å²) >= 11 is 3.56. The average Bonchev–Trinajstić information content (AvgIpc) is 2.42. The third kappa shape index (κ3) is 3.44. The Kier molecular flexibility index (Phi) is 5.26. The Balaban J connectivity index is 2.33. The van der Waals surface area contributed by atoms with Crippen LogP contribution >= 0.6 is 15.9 Å². The standard InChI is InChI=1S/C16H20BrN3/c1-4-9-18-10-14-11(2)19-16(20-12(14)3)13-7-5-6-8-15(13)17/h5-8,18H,4,9-10H2,1-3H3. The highest BCUT2D eigenvalue weighted by Gasteiger charge is 2.11. The summed E-state index contributed by atoms with van der Waals surface area (Å²) in [4.78, 5) is 9.33. The molecule has 0 bridgehead atoms. The highest BCUT2D eigenvalue weighted by atomic mass is 79.9. The molecule has 1 heterocycles. The first-order valence-electron chi connectivity index (χ1n) is 6.93. The molecule has 1 N–H and O–H groups in total. The van der Waals surface area contributed by atoms with Crippen molar-refractivity contribution < 1.29 is 0 Å². The van der Waals surface area contributed by atoms with Gasteiger partial charge in [-0.15, -0.1) is 0 Å². The molecule has 0 fully saturated rings. The molecule has 0 aliphatic rings. The fourth-order valence-electron chi connectivity index (χ4n) is 2.15. The van der Waals surface area contributed by atoms with Crippen molar-refractivity contribution in [3.05, 3.63) is 45.7 Å². The van der Waals surface area contributed by atoms with Crippen molar-refractivity contribution in [1.29, 1.82) is 0 Å². The van der Waals surface area contributed by atoms with E-state index in [2.05, 4.69) is 52.0 Å². The van der Waals surface area contributed by atoms with E-state index >= 15 is 0 Å². The molecule has 2 aromatic rings. The monoisotopic (exact) mass is 333 g/mol. The lowest BCUT2D eigenvalue weighted by Gasteiger charge is -2.12. The number of rotatable bonds is 5. The molecular weight excluding hydrogens is 314 g/mol. The lowest BCUT2D eigenvalue weighted by molar-refractivity contribution is 0.665. The maximum atomic E-state index is 4.66. The quantitative estimate of drug-likeness (QED) is 0.839. The van der Waals surface area contributed by atoms with E-state index in [4.69, 9.17) is 0 Å². The molecule has 0 saturated carbocycles. The summed E-state index contributed by atoms with van der Waals surface area (Å²) in [6, 6.07) is 8.05. The van der Waals surface area contributed by atoms with Crippen LogP contribution in [0.3, 0.4) is 0 Å². The van der Waals surface area contributed by atoms with Crippen molar-refractivity contribution >= 4 is 15.9 Å². The second-order valence-electron chi connectivity index (χ2n) is 4.85. The molecule has 0 atom stereocenters. The third-order valence-corrected chi connectivity index (χ3v) is 3.96. The van der Waals surface area contributed by atoms with Crippen molar-refractivity contribution in [1.82, 2.24) is 15.3 Å². The second-order valence-corrected chi connectivity index (χ2v) is 5.71. The van der Waals surface area contributed by atoms with Crippen LogP contribution in [0.25, 0.3) is 11.4 Å². The van der Waals surface area contributed by atoms with Gasteiger partial charge < -0.3 is 5.32 Å². The lowest BCUT2D eigenvalue weighted by Crippen LogP contribution is -2.17. The summed E-state index contributed by atoms with van der Waals surface area (Å²) in [5, 5.41) is 3.41. The van der Waals surface area contributed by atoms with Gasteiger partial charge in [0.25, 0.3) is 0 Å². The van der Waals surface area contributed by atoms with E-state index in [0.717, 1.165) is 46.8 Å². The van der Waals surface area contributed by atoms with Crippen molar-refractivity contribution in [2.24, 2.45) is 0 Å². The Morgan fingerprint density at radius 3 is 2.35 bits per heavy atom. The minimum absolute atomic E-state index is 0.784. The summed E-state index contributed by atoms with van der Waals surface area (Å²) in [6.07, 6.45) is 1.13. The molecule has 0 spiro atoms. The molecule has 1 aromatic carbocycles. The minimum Gasteiger partial charge on any atom is -0.313 e. The fraction of sp³-hybridized carbons (Fsp3) is 0.375. The molecule has 0 aliphatic carbocycles. The van der Waals surface area contributed by atoms with Gasteiger partial charge in [0, 0.05) is 33.5 Å². The molecule has 0 aliphatic heterocycles. The molecule has 106 valence electrons. The van der Waals surface area contributed by atoms with E-state index in [-0.39, 0.29) is 0 Å².